The number of carboxylic acids is 1. The predicted octanol–water partition coefficient (Wildman–Crippen LogP) is -1.55. The lowest BCUT2D eigenvalue weighted by atomic mass is 9.92. The van der Waals surface area contributed by atoms with Gasteiger partial charge in [-0.3, -0.25) is 4.79 Å². The third-order valence-electron chi connectivity index (χ3n) is 5.46. The average molecular weight is 444 g/mol. The number of aryl methyl sites for hydroxylation is 1. The van der Waals surface area contributed by atoms with Gasteiger partial charge in [-0.2, -0.15) is 0 Å². The number of carboxylic acid groups (broad SMARTS) is 1. The number of benzene rings is 1. The molecule has 11 heteroatoms. The molecule has 2 heterocycles. The fraction of sp³-hybridized carbons (Fsp3) is 0.650. The SMILES string of the molecule is CC(C)(O)[C@@H]1Oc2ccc(CCC(=O)O)c(O[C@@H]3O[C@H](CO)[C@@H](O)[C@H](O)[C@H]3O)c2[C@@H]1O. The normalized spacial score (nSPS) is 33.0. The van der Waals surface area contributed by atoms with Crippen LogP contribution >= 0.6 is 0 Å². The first kappa shape index (κ1) is 23.7. The lowest BCUT2D eigenvalue weighted by Crippen LogP contribution is -2.60. The van der Waals surface area contributed by atoms with E-state index in [-0.39, 0.29) is 29.9 Å². The quantitative estimate of drug-likeness (QED) is 0.258. The Morgan fingerprint density at radius 2 is 1.81 bits per heavy atom. The van der Waals surface area contributed by atoms with Crippen LogP contribution < -0.4 is 9.47 Å². The van der Waals surface area contributed by atoms with E-state index >= 15 is 0 Å². The van der Waals surface area contributed by atoms with Crippen LogP contribution in [0.4, 0.5) is 0 Å². The Bertz CT molecular complexity index is 803. The monoisotopic (exact) mass is 444 g/mol. The third-order valence-corrected chi connectivity index (χ3v) is 5.46. The van der Waals surface area contributed by atoms with Crippen LogP contribution in [-0.2, 0) is 16.0 Å². The van der Waals surface area contributed by atoms with Gasteiger partial charge in [0.25, 0.3) is 0 Å². The van der Waals surface area contributed by atoms with Crippen LogP contribution in [0.1, 0.15) is 37.5 Å². The number of hydrogen-bond donors (Lipinski definition) is 7. The van der Waals surface area contributed by atoms with E-state index in [1.807, 2.05) is 0 Å². The molecule has 11 nitrogen and oxygen atoms in total. The minimum Gasteiger partial charge on any atom is -0.484 e. The summed E-state index contributed by atoms with van der Waals surface area (Å²) in [5, 5.41) is 69.9. The molecule has 2 aliphatic rings. The first-order chi connectivity index (χ1) is 14.5. The highest BCUT2D eigenvalue weighted by atomic mass is 16.7. The minimum atomic E-state index is -1.70. The van der Waals surface area contributed by atoms with Crippen molar-refractivity contribution in [2.75, 3.05) is 6.61 Å². The molecule has 174 valence electrons. The summed E-state index contributed by atoms with van der Waals surface area (Å²) in [5.41, 5.74) is -0.941. The van der Waals surface area contributed by atoms with Crippen LogP contribution in [0.25, 0.3) is 0 Å². The Morgan fingerprint density at radius 1 is 1.13 bits per heavy atom. The van der Waals surface area contributed by atoms with Crippen molar-refractivity contribution >= 4 is 5.97 Å². The van der Waals surface area contributed by atoms with Gasteiger partial charge in [0.2, 0.25) is 6.29 Å². The number of aliphatic hydroxyl groups is 6. The van der Waals surface area contributed by atoms with Crippen molar-refractivity contribution in [2.24, 2.45) is 0 Å². The molecule has 0 aromatic heterocycles. The molecule has 2 aliphatic heterocycles. The Balaban J connectivity index is 2.00. The predicted molar refractivity (Wildman–Crippen MR) is 102 cm³/mol. The second-order valence-electron chi connectivity index (χ2n) is 8.31. The van der Waals surface area contributed by atoms with Crippen molar-refractivity contribution in [3.05, 3.63) is 23.3 Å². The summed E-state index contributed by atoms with van der Waals surface area (Å²) >= 11 is 0. The van der Waals surface area contributed by atoms with Crippen molar-refractivity contribution in [3.63, 3.8) is 0 Å². The zero-order valence-electron chi connectivity index (χ0n) is 17.1. The van der Waals surface area contributed by atoms with Gasteiger partial charge in [-0.15, -0.1) is 0 Å². The van der Waals surface area contributed by atoms with Gasteiger partial charge in [0.15, 0.2) is 6.10 Å². The van der Waals surface area contributed by atoms with E-state index in [1.54, 1.807) is 0 Å². The standard InChI is InChI=1S/C20H28O11/c1-20(2,28)18-14(25)12-9(29-18)5-3-8(4-6-11(22)23)17(12)31-19-16(27)15(26)13(24)10(7-21)30-19/h3,5,10,13-16,18-19,21,24-28H,4,6-7H2,1-2H3,(H,22,23)/t10-,13-,14+,15+,16-,18-,19+/m1/s1. The third kappa shape index (κ3) is 4.62. The zero-order chi connectivity index (χ0) is 23.1. The molecule has 0 bridgehead atoms. The molecular formula is C20H28O11. The van der Waals surface area contributed by atoms with Crippen molar-refractivity contribution in [2.45, 2.75) is 75.2 Å². The highest BCUT2D eigenvalue weighted by molar-refractivity contribution is 5.67. The summed E-state index contributed by atoms with van der Waals surface area (Å²) in [6.45, 7) is 2.25. The molecule has 7 atom stereocenters. The first-order valence-electron chi connectivity index (χ1n) is 9.87. The molecule has 1 fully saturated rings. The maximum absolute atomic E-state index is 11.1. The fourth-order valence-corrected chi connectivity index (χ4v) is 3.75. The number of carbonyl (C=O) groups is 1. The molecule has 1 aromatic rings. The van der Waals surface area contributed by atoms with Gasteiger partial charge >= 0.3 is 5.97 Å². The second-order valence-corrected chi connectivity index (χ2v) is 8.31. The number of ether oxygens (including phenoxy) is 3. The van der Waals surface area contributed by atoms with Crippen LogP contribution in [0.15, 0.2) is 12.1 Å². The highest BCUT2D eigenvalue weighted by Gasteiger charge is 2.48. The molecule has 0 aliphatic carbocycles. The number of hydrogen-bond acceptors (Lipinski definition) is 10. The van der Waals surface area contributed by atoms with Crippen molar-refractivity contribution < 1.29 is 54.8 Å². The van der Waals surface area contributed by atoms with E-state index in [4.69, 9.17) is 19.3 Å². The van der Waals surface area contributed by atoms with E-state index in [2.05, 4.69) is 0 Å². The van der Waals surface area contributed by atoms with Gasteiger partial charge in [-0.05, 0) is 31.9 Å². The lowest BCUT2D eigenvalue weighted by Gasteiger charge is -2.40. The molecule has 0 unspecified atom stereocenters. The highest BCUT2D eigenvalue weighted by Crippen LogP contribution is 2.48. The summed E-state index contributed by atoms with van der Waals surface area (Å²) < 4.78 is 16.8. The molecule has 0 radical (unpaired) electrons. The summed E-state index contributed by atoms with van der Waals surface area (Å²) in [6, 6.07) is 3.04. The van der Waals surface area contributed by atoms with Crippen molar-refractivity contribution in [3.8, 4) is 11.5 Å². The largest absolute Gasteiger partial charge is 0.484 e. The summed E-state index contributed by atoms with van der Waals surface area (Å²) in [4.78, 5) is 11.1. The molecule has 0 spiro atoms. The molecule has 31 heavy (non-hydrogen) atoms. The average Bonchev–Trinajstić information content (AvgIpc) is 3.04. The summed E-state index contributed by atoms with van der Waals surface area (Å²) in [7, 11) is 0. The molecule has 1 saturated heterocycles. The Morgan fingerprint density at radius 3 is 2.39 bits per heavy atom. The Kier molecular flexibility index (Phi) is 6.77. The molecule has 0 amide bonds. The van der Waals surface area contributed by atoms with Crippen molar-refractivity contribution in [1.82, 2.24) is 0 Å². The number of aliphatic hydroxyl groups excluding tert-OH is 5. The van der Waals surface area contributed by atoms with Crippen LogP contribution in [0.2, 0.25) is 0 Å². The molecule has 0 saturated carbocycles. The van der Waals surface area contributed by atoms with Gasteiger partial charge < -0.3 is 50.0 Å². The fourth-order valence-electron chi connectivity index (χ4n) is 3.75. The summed E-state index contributed by atoms with van der Waals surface area (Å²) in [5.74, 6) is -0.897. The zero-order valence-corrected chi connectivity index (χ0v) is 17.1. The topological polar surface area (TPSA) is 186 Å². The smallest absolute Gasteiger partial charge is 0.303 e. The van der Waals surface area contributed by atoms with Crippen LogP contribution in [0.3, 0.4) is 0 Å². The molecular weight excluding hydrogens is 416 g/mol. The van der Waals surface area contributed by atoms with E-state index in [0.29, 0.717) is 5.56 Å². The lowest BCUT2D eigenvalue weighted by molar-refractivity contribution is -0.277. The Hall–Kier alpha value is -1.99. The van der Waals surface area contributed by atoms with Crippen molar-refractivity contribution in [1.29, 1.82) is 0 Å². The maximum atomic E-state index is 11.1. The molecule has 7 N–H and O–H groups in total. The van der Waals surface area contributed by atoms with Crippen LogP contribution in [0.5, 0.6) is 11.5 Å². The number of fused-ring (bicyclic) bond motifs is 1. The van der Waals surface area contributed by atoms with E-state index < -0.39 is 61.1 Å². The first-order valence-corrected chi connectivity index (χ1v) is 9.87. The van der Waals surface area contributed by atoms with Crippen LogP contribution in [-0.4, -0.2) is 90.7 Å². The number of rotatable bonds is 7. The van der Waals surface area contributed by atoms with E-state index in [0.717, 1.165) is 0 Å². The van der Waals surface area contributed by atoms with Gasteiger partial charge in [-0.25, -0.2) is 0 Å². The van der Waals surface area contributed by atoms with Gasteiger partial charge in [0.05, 0.1) is 17.8 Å². The van der Waals surface area contributed by atoms with Crippen LogP contribution in [0, 0.1) is 0 Å². The van der Waals surface area contributed by atoms with Gasteiger partial charge in [0.1, 0.15) is 42.0 Å². The molecule has 1 aromatic carbocycles. The maximum Gasteiger partial charge on any atom is 0.303 e. The van der Waals surface area contributed by atoms with Gasteiger partial charge in [0, 0.05) is 6.42 Å². The van der Waals surface area contributed by atoms with Gasteiger partial charge in [-0.1, -0.05) is 6.07 Å². The second kappa shape index (κ2) is 8.87. The molecule has 3 rings (SSSR count). The Labute approximate surface area is 178 Å². The minimum absolute atomic E-state index is 0.00920. The summed E-state index contributed by atoms with van der Waals surface area (Å²) in [6.07, 6.45) is -10.4. The van der Waals surface area contributed by atoms with E-state index in [1.165, 1.54) is 26.0 Å². The number of aliphatic carboxylic acids is 1. The van der Waals surface area contributed by atoms with E-state index in [9.17, 15) is 35.4 Å².